The molecule has 1 aliphatic heterocycles. The van der Waals surface area contributed by atoms with E-state index in [1.807, 2.05) is 24.3 Å². The Kier molecular flexibility index (Phi) is 9.92. The Morgan fingerprint density at radius 1 is 0.646 bits per heavy atom. The summed E-state index contributed by atoms with van der Waals surface area (Å²) in [6, 6.07) is 32.6. The van der Waals surface area contributed by atoms with Crippen LogP contribution in [0.15, 0.2) is 121 Å². The van der Waals surface area contributed by atoms with E-state index < -0.39 is 48.4 Å². The summed E-state index contributed by atoms with van der Waals surface area (Å²) in [7, 11) is 0. The second kappa shape index (κ2) is 14.8. The number of fused-ring (bicyclic) bond motifs is 1. The number of aromatic nitrogens is 1. The average Bonchev–Trinajstić information content (AvgIpc) is 3.65. The van der Waals surface area contributed by atoms with Crippen LogP contribution in [0.25, 0.3) is 10.9 Å². The van der Waals surface area contributed by atoms with Gasteiger partial charge in [0, 0.05) is 11.6 Å². The van der Waals surface area contributed by atoms with Gasteiger partial charge in [-0.3, -0.25) is 4.79 Å². The largest absolute Gasteiger partial charge is 0.466 e. The fourth-order valence-corrected chi connectivity index (χ4v) is 5.68. The predicted octanol–water partition coefficient (Wildman–Crippen LogP) is 5.95. The molecule has 4 atom stereocenters. The minimum Gasteiger partial charge on any atom is -0.466 e. The van der Waals surface area contributed by atoms with Crippen molar-refractivity contribution in [1.82, 2.24) is 4.57 Å². The molecule has 1 fully saturated rings. The number of benzene rings is 4. The average molecular weight is 648 g/mol. The summed E-state index contributed by atoms with van der Waals surface area (Å²) in [5, 5.41) is 0.763. The highest BCUT2D eigenvalue weighted by Gasteiger charge is 2.51. The molecule has 0 saturated carbocycles. The van der Waals surface area contributed by atoms with Crippen molar-refractivity contribution in [3.63, 3.8) is 0 Å². The van der Waals surface area contributed by atoms with Gasteiger partial charge in [-0.25, -0.2) is 14.4 Å². The van der Waals surface area contributed by atoms with Crippen molar-refractivity contribution in [3.05, 3.63) is 144 Å². The van der Waals surface area contributed by atoms with Crippen LogP contribution < -0.4 is 0 Å². The van der Waals surface area contributed by atoms with Crippen molar-refractivity contribution in [1.29, 1.82) is 0 Å². The monoisotopic (exact) mass is 647 g/mol. The maximum Gasteiger partial charge on any atom is 0.338 e. The molecule has 0 amide bonds. The van der Waals surface area contributed by atoms with Crippen molar-refractivity contribution in [2.24, 2.45) is 0 Å². The van der Waals surface area contributed by atoms with Crippen LogP contribution in [0.2, 0.25) is 0 Å². The lowest BCUT2D eigenvalue weighted by Gasteiger charge is -2.25. The van der Waals surface area contributed by atoms with Crippen LogP contribution in [0.4, 0.5) is 0 Å². The maximum atomic E-state index is 13.5. The number of carbonyl (C=O) groups is 4. The molecule has 2 heterocycles. The quantitative estimate of drug-likeness (QED) is 0.127. The van der Waals surface area contributed by atoms with Gasteiger partial charge >= 0.3 is 23.9 Å². The summed E-state index contributed by atoms with van der Waals surface area (Å²) in [6.45, 7) is 1.66. The number of ether oxygens (including phenoxy) is 5. The van der Waals surface area contributed by atoms with E-state index in [2.05, 4.69) is 0 Å². The topological polar surface area (TPSA) is 119 Å². The third-order valence-electron chi connectivity index (χ3n) is 7.92. The third-order valence-corrected chi connectivity index (χ3v) is 7.92. The van der Waals surface area contributed by atoms with Gasteiger partial charge < -0.3 is 28.3 Å². The molecule has 5 aromatic rings. The normalized spacial score (nSPS) is 18.6. The summed E-state index contributed by atoms with van der Waals surface area (Å²) < 4.78 is 31.3. The van der Waals surface area contributed by atoms with E-state index in [1.165, 1.54) is 0 Å². The van der Waals surface area contributed by atoms with Gasteiger partial charge in [0.15, 0.2) is 18.4 Å². The van der Waals surface area contributed by atoms with E-state index in [4.69, 9.17) is 23.7 Å². The Bertz CT molecular complexity index is 1890. The van der Waals surface area contributed by atoms with Crippen LogP contribution >= 0.6 is 0 Å². The third kappa shape index (κ3) is 7.13. The van der Waals surface area contributed by atoms with E-state index in [-0.39, 0.29) is 30.8 Å². The zero-order chi connectivity index (χ0) is 33.5. The Balaban J connectivity index is 1.40. The van der Waals surface area contributed by atoms with Gasteiger partial charge in [-0.05, 0) is 55.0 Å². The van der Waals surface area contributed by atoms with E-state index in [0.29, 0.717) is 16.6 Å². The molecule has 10 heteroatoms. The first kappa shape index (κ1) is 32.2. The first-order valence-electron chi connectivity index (χ1n) is 15.6. The first-order valence-corrected chi connectivity index (χ1v) is 15.6. The SMILES string of the molecule is CCOC(=O)Cc1cn([C@@H]2O[C@H](COC(=O)c3ccccc3)[C@@H](OC(=O)c3ccccc3)[C@H]2OC(=O)c2ccccc2)c2ccccc12. The number of hydrogen-bond donors (Lipinski definition) is 0. The lowest BCUT2D eigenvalue weighted by atomic mass is 10.1. The fraction of sp³-hybridized carbons (Fsp3) is 0.211. The van der Waals surface area contributed by atoms with Crippen molar-refractivity contribution in [3.8, 4) is 0 Å². The number of nitrogens with zero attached hydrogens (tertiary/aromatic N) is 1. The van der Waals surface area contributed by atoms with Crippen molar-refractivity contribution in [2.75, 3.05) is 13.2 Å². The van der Waals surface area contributed by atoms with Gasteiger partial charge in [0.2, 0.25) is 0 Å². The maximum absolute atomic E-state index is 13.5. The predicted molar refractivity (Wildman–Crippen MR) is 174 cm³/mol. The molecule has 244 valence electrons. The minimum absolute atomic E-state index is 0.00686. The molecular formula is C38H33NO9. The molecule has 4 aromatic carbocycles. The minimum atomic E-state index is -1.20. The summed E-state index contributed by atoms with van der Waals surface area (Å²) in [4.78, 5) is 52.5. The van der Waals surface area contributed by atoms with Crippen LogP contribution in [-0.4, -0.2) is 60.0 Å². The Morgan fingerprint density at radius 3 is 1.75 bits per heavy atom. The molecule has 0 bridgehead atoms. The molecule has 10 nitrogen and oxygen atoms in total. The number of para-hydroxylation sites is 1. The molecule has 0 unspecified atom stereocenters. The molecule has 48 heavy (non-hydrogen) atoms. The summed E-state index contributed by atoms with van der Waals surface area (Å²) >= 11 is 0. The van der Waals surface area contributed by atoms with E-state index in [1.54, 1.807) is 109 Å². The molecule has 1 aliphatic rings. The van der Waals surface area contributed by atoms with Gasteiger partial charge in [0.05, 0.1) is 35.2 Å². The molecule has 1 aromatic heterocycles. The molecule has 1 saturated heterocycles. The zero-order valence-electron chi connectivity index (χ0n) is 26.1. The highest BCUT2D eigenvalue weighted by Crippen LogP contribution is 2.38. The summed E-state index contributed by atoms with van der Waals surface area (Å²) in [6.07, 6.45) is -2.76. The lowest BCUT2D eigenvalue weighted by Crippen LogP contribution is -2.41. The first-order chi connectivity index (χ1) is 23.4. The molecule has 0 aliphatic carbocycles. The number of esters is 4. The molecule has 0 radical (unpaired) electrons. The van der Waals surface area contributed by atoms with Crippen molar-refractivity contribution in [2.45, 2.75) is 37.9 Å². The molecular weight excluding hydrogens is 614 g/mol. The Hall–Kier alpha value is -5.74. The van der Waals surface area contributed by atoms with Crippen LogP contribution in [0.5, 0.6) is 0 Å². The Morgan fingerprint density at radius 2 is 1.17 bits per heavy atom. The smallest absolute Gasteiger partial charge is 0.338 e. The standard InChI is InChI=1S/C38H33NO9/c1-2-44-32(40)22-28-23-39(30-21-13-12-20-29(28)30)35-34(48-38(43)27-18-10-5-11-19-27)33(47-37(42)26-16-8-4-9-17-26)31(46-35)24-45-36(41)25-14-6-3-7-15-25/h3-21,23,31,33-35H,2,22,24H2,1H3/t31-,33-,34-,35-/m1/s1. The number of hydrogen-bond acceptors (Lipinski definition) is 9. The van der Waals surface area contributed by atoms with Gasteiger partial charge in [-0.1, -0.05) is 72.8 Å². The second-order valence-corrected chi connectivity index (χ2v) is 11.1. The van der Waals surface area contributed by atoms with Crippen molar-refractivity contribution >= 4 is 34.8 Å². The lowest BCUT2D eigenvalue weighted by molar-refractivity contribution is -0.142. The van der Waals surface area contributed by atoms with E-state index in [0.717, 1.165) is 5.39 Å². The van der Waals surface area contributed by atoms with Crippen LogP contribution in [0, 0.1) is 0 Å². The van der Waals surface area contributed by atoms with E-state index in [9.17, 15) is 19.2 Å². The van der Waals surface area contributed by atoms with Crippen LogP contribution in [0.3, 0.4) is 0 Å². The highest BCUT2D eigenvalue weighted by atomic mass is 16.7. The van der Waals surface area contributed by atoms with Gasteiger partial charge in [-0.15, -0.1) is 0 Å². The van der Waals surface area contributed by atoms with Gasteiger partial charge in [0.1, 0.15) is 12.7 Å². The zero-order valence-corrected chi connectivity index (χ0v) is 26.1. The van der Waals surface area contributed by atoms with Crippen LogP contribution in [-0.2, 0) is 34.9 Å². The molecule has 0 N–H and O–H groups in total. The summed E-state index contributed by atoms with van der Waals surface area (Å²) in [5.74, 6) is -2.35. The van der Waals surface area contributed by atoms with E-state index >= 15 is 0 Å². The molecule has 6 rings (SSSR count). The number of rotatable bonds is 11. The Labute approximate surface area is 276 Å². The summed E-state index contributed by atoms with van der Waals surface area (Å²) in [5.41, 5.74) is 2.23. The molecule has 0 spiro atoms. The van der Waals surface area contributed by atoms with Gasteiger partial charge in [0.25, 0.3) is 0 Å². The second-order valence-electron chi connectivity index (χ2n) is 11.1. The highest BCUT2D eigenvalue weighted by molar-refractivity contribution is 5.91. The number of carbonyl (C=O) groups excluding carboxylic acids is 4. The van der Waals surface area contributed by atoms with Gasteiger partial charge in [-0.2, -0.15) is 0 Å². The van der Waals surface area contributed by atoms with Crippen LogP contribution in [0.1, 0.15) is 49.8 Å². The van der Waals surface area contributed by atoms with Crippen molar-refractivity contribution < 1.29 is 42.9 Å². The fourth-order valence-electron chi connectivity index (χ4n) is 5.68.